The largest absolute Gasteiger partial charge is 0.414 e. The minimum Gasteiger partial charge on any atom is -0.393 e. The summed E-state index contributed by atoms with van der Waals surface area (Å²) < 4.78 is 9.68. The number of hydrogen-bond acceptors (Lipinski definition) is 4. The Morgan fingerprint density at radius 3 is 2.29 bits per heavy atom. The molecule has 7 nitrogen and oxygen atoms in total. The topological polar surface area (TPSA) is 87.1 Å². The first-order valence-corrected chi connectivity index (χ1v) is 11.9. The number of aryl methyl sites for hydroxylation is 2. The molecule has 0 aliphatic heterocycles. The second-order valence-corrected chi connectivity index (χ2v) is 8.83. The second kappa shape index (κ2) is 11.1. The zero-order chi connectivity index (χ0) is 24.8. The number of benzene rings is 2. The van der Waals surface area contributed by atoms with Crippen molar-refractivity contribution in [3.63, 3.8) is 0 Å². The van der Waals surface area contributed by atoms with Gasteiger partial charge >= 0.3 is 6.09 Å². The lowest BCUT2D eigenvalue weighted by Gasteiger charge is -2.13. The van der Waals surface area contributed by atoms with Gasteiger partial charge in [-0.25, -0.2) is 4.79 Å². The van der Waals surface area contributed by atoms with E-state index in [9.17, 15) is 4.79 Å². The number of ether oxygens (including phenoxy) is 1. The Morgan fingerprint density at radius 1 is 1.00 bits per heavy atom. The quantitative estimate of drug-likeness (QED) is 0.370. The van der Waals surface area contributed by atoms with Crippen molar-refractivity contribution in [2.45, 2.75) is 53.4 Å². The first-order valence-electron chi connectivity index (χ1n) is 11.9. The van der Waals surface area contributed by atoms with Crippen molar-refractivity contribution in [3.8, 4) is 5.88 Å². The summed E-state index contributed by atoms with van der Waals surface area (Å²) in [7, 11) is 0. The van der Waals surface area contributed by atoms with Crippen LogP contribution in [-0.2, 0) is 32.6 Å². The Morgan fingerprint density at radius 2 is 1.66 bits per heavy atom. The average Bonchev–Trinajstić information content (AvgIpc) is 3.40. The summed E-state index contributed by atoms with van der Waals surface area (Å²) in [5.74, 6) is 0.557. The summed E-state index contributed by atoms with van der Waals surface area (Å²) in [4.78, 5) is 12.5. The van der Waals surface area contributed by atoms with Gasteiger partial charge in [0.25, 0.3) is 0 Å². The maximum Gasteiger partial charge on any atom is 0.414 e. The lowest BCUT2D eigenvalue weighted by molar-refractivity contribution is 0.196. The lowest BCUT2D eigenvalue weighted by Crippen LogP contribution is -2.27. The van der Waals surface area contributed by atoms with Crippen LogP contribution in [-0.4, -0.2) is 20.4 Å². The number of amides is 1. The van der Waals surface area contributed by atoms with Gasteiger partial charge in [-0.3, -0.25) is 4.68 Å². The summed E-state index contributed by atoms with van der Waals surface area (Å²) in [6.45, 7) is 8.52. The number of nitrogens with zero attached hydrogens (tertiary/aromatic N) is 3. The normalized spacial score (nSPS) is 11.0. The number of hydrogen-bond donors (Lipinski definition) is 2. The van der Waals surface area contributed by atoms with Crippen LogP contribution in [0.25, 0.3) is 0 Å². The molecule has 0 aliphatic rings. The van der Waals surface area contributed by atoms with Gasteiger partial charge in [-0.1, -0.05) is 48.5 Å². The van der Waals surface area contributed by atoms with E-state index >= 15 is 0 Å². The smallest absolute Gasteiger partial charge is 0.393 e. The molecule has 0 bridgehead atoms. The fourth-order valence-electron chi connectivity index (χ4n) is 4.15. The number of nitrogens with one attached hydrogen (secondary N) is 1. The van der Waals surface area contributed by atoms with E-state index in [2.05, 4.69) is 53.1 Å². The highest BCUT2D eigenvalue weighted by Gasteiger charge is 2.16. The molecule has 7 heteroatoms. The van der Waals surface area contributed by atoms with E-state index in [0.29, 0.717) is 25.5 Å². The maximum absolute atomic E-state index is 12.5. The Labute approximate surface area is 206 Å². The van der Waals surface area contributed by atoms with E-state index in [4.69, 9.17) is 10.5 Å². The molecular weight excluding hydrogens is 438 g/mol. The molecule has 0 saturated carbocycles. The minimum absolute atomic E-state index is 0.396. The minimum atomic E-state index is -0.468. The van der Waals surface area contributed by atoms with Crippen LogP contribution in [0, 0.1) is 13.8 Å². The van der Waals surface area contributed by atoms with Crippen molar-refractivity contribution < 1.29 is 9.53 Å². The first kappa shape index (κ1) is 24.3. The summed E-state index contributed by atoms with van der Waals surface area (Å²) in [6, 6.07) is 18.4. The van der Waals surface area contributed by atoms with E-state index in [0.717, 1.165) is 40.9 Å². The molecule has 0 atom stereocenters. The molecule has 182 valence electrons. The molecule has 0 radical (unpaired) electrons. The SMILES string of the molecule is CCn1c(OC(=O)NCc2ccc(CN)cc2)cc(C)c1Cc1ccc(Cn2cc(C)cn2)cc1. The van der Waals surface area contributed by atoms with Crippen LogP contribution in [0.4, 0.5) is 4.79 Å². The van der Waals surface area contributed by atoms with Crippen LogP contribution in [0.15, 0.2) is 67.0 Å². The molecule has 3 N–H and O–H groups in total. The van der Waals surface area contributed by atoms with Gasteiger partial charge in [-0.2, -0.15) is 5.10 Å². The number of carbonyl (C=O) groups excluding carboxylic acids is 1. The third kappa shape index (κ3) is 6.19. The maximum atomic E-state index is 12.5. The molecule has 1 amide bonds. The third-order valence-corrected chi connectivity index (χ3v) is 6.10. The number of rotatable bonds is 9. The molecular formula is C28H33N5O2. The average molecular weight is 472 g/mol. The van der Waals surface area contributed by atoms with E-state index < -0.39 is 6.09 Å². The molecule has 0 saturated heterocycles. The van der Waals surface area contributed by atoms with Gasteiger partial charge in [0.1, 0.15) is 0 Å². The standard InChI is InChI=1S/C28H33N5O2/c1-4-33-26(14-22-5-11-25(12-6-22)19-32-18-20(2)16-31-32)21(3)13-27(33)35-28(34)30-17-24-9-7-23(15-29)8-10-24/h5-13,16,18H,4,14-15,17,19,29H2,1-3H3,(H,30,34). The zero-order valence-corrected chi connectivity index (χ0v) is 20.6. The van der Waals surface area contributed by atoms with Crippen LogP contribution in [0.3, 0.4) is 0 Å². The molecule has 2 heterocycles. The Kier molecular flexibility index (Phi) is 7.67. The summed E-state index contributed by atoms with van der Waals surface area (Å²) in [5.41, 5.74) is 13.5. The van der Waals surface area contributed by atoms with Crippen molar-refractivity contribution in [2.75, 3.05) is 0 Å². The van der Waals surface area contributed by atoms with E-state index in [1.54, 1.807) is 0 Å². The molecule has 0 unspecified atom stereocenters. The van der Waals surface area contributed by atoms with Crippen molar-refractivity contribution in [3.05, 3.63) is 106 Å². The fourth-order valence-corrected chi connectivity index (χ4v) is 4.15. The van der Waals surface area contributed by atoms with Crippen LogP contribution in [0.1, 0.15) is 46.0 Å². The predicted molar refractivity (Wildman–Crippen MR) is 137 cm³/mol. The molecule has 4 rings (SSSR count). The fraction of sp³-hybridized carbons (Fsp3) is 0.286. The lowest BCUT2D eigenvalue weighted by atomic mass is 10.1. The first-order chi connectivity index (χ1) is 16.9. The number of aromatic nitrogens is 3. The van der Waals surface area contributed by atoms with Crippen LogP contribution in [0.2, 0.25) is 0 Å². The van der Waals surface area contributed by atoms with Gasteiger partial charge in [0.2, 0.25) is 5.88 Å². The number of nitrogens with two attached hydrogens (primary N) is 1. The monoisotopic (exact) mass is 471 g/mol. The predicted octanol–water partition coefficient (Wildman–Crippen LogP) is 4.71. The number of carbonyl (C=O) groups is 1. The van der Waals surface area contributed by atoms with Crippen molar-refractivity contribution in [1.82, 2.24) is 19.7 Å². The highest BCUT2D eigenvalue weighted by Crippen LogP contribution is 2.25. The van der Waals surface area contributed by atoms with Crippen LogP contribution >= 0.6 is 0 Å². The zero-order valence-electron chi connectivity index (χ0n) is 20.6. The Bertz CT molecular complexity index is 1270. The molecule has 35 heavy (non-hydrogen) atoms. The van der Waals surface area contributed by atoms with Gasteiger partial charge in [0.15, 0.2) is 0 Å². The summed E-state index contributed by atoms with van der Waals surface area (Å²) in [6.07, 6.45) is 4.21. The highest BCUT2D eigenvalue weighted by atomic mass is 16.6. The summed E-state index contributed by atoms with van der Waals surface area (Å²) >= 11 is 0. The van der Waals surface area contributed by atoms with Gasteiger partial charge in [-0.05, 0) is 54.2 Å². The van der Waals surface area contributed by atoms with Gasteiger partial charge in [0.05, 0.1) is 12.7 Å². The molecule has 0 fully saturated rings. The molecule has 0 aliphatic carbocycles. The van der Waals surface area contributed by atoms with Crippen LogP contribution in [0.5, 0.6) is 5.88 Å². The Hall–Kier alpha value is -3.84. The van der Waals surface area contributed by atoms with E-state index in [1.807, 2.05) is 54.3 Å². The van der Waals surface area contributed by atoms with E-state index in [-0.39, 0.29) is 0 Å². The van der Waals surface area contributed by atoms with Crippen molar-refractivity contribution in [2.24, 2.45) is 5.73 Å². The van der Waals surface area contributed by atoms with Crippen molar-refractivity contribution >= 4 is 6.09 Å². The van der Waals surface area contributed by atoms with Gasteiger partial charge < -0.3 is 20.4 Å². The molecule has 2 aromatic carbocycles. The molecule has 4 aromatic rings. The van der Waals surface area contributed by atoms with Crippen LogP contribution < -0.4 is 15.8 Å². The second-order valence-electron chi connectivity index (χ2n) is 8.83. The van der Waals surface area contributed by atoms with Gasteiger partial charge in [-0.15, -0.1) is 0 Å². The van der Waals surface area contributed by atoms with Gasteiger partial charge in [0, 0.05) is 44.0 Å². The van der Waals surface area contributed by atoms with Crippen molar-refractivity contribution in [1.29, 1.82) is 0 Å². The van der Waals surface area contributed by atoms with E-state index in [1.165, 1.54) is 11.1 Å². The Balaban J connectivity index is 1.39. The highest BCUT2D eigenvalue weighted by molar-refractivity contribution is 5.70. The third-order valence-electron chi connectivity index (χ3n) is 6.10. The molecule has 2 aromatic heterocycles. The molecule has 0 spiro atoms. The summed E-state index contributed by atoms with van der Waals surface area (Å²) in [5, 5.41) is 7.19.